The van der Waals surface area contributed by atoms with Crippen LogP contribution in [0.3, 0.4) is 0 Å². The summed E-state index contributed by atoms with van der Waals surface area (Å²) in [4.78, 5) is 0.613. The Labute approximate surface area is 82.2 Å². The summed E-state index contributed by atoms with van der Waals surface area (Å²) >= 11 is 10.5. The van der Waals surface area contributed by atoms with Crippen LogP contribution in [0.25, 0.3) is 0 Å². The molecule has 0 saturated carbocycles. The highest BCUT2D eigenvalue weighted by Crippen LogP contribution is 2.20. The van der Waals surface area contributed by atoms with Crippen molar-refractivity contribution in [1.29, 1.82) is 0 Å². The maximum atomic E-state index is 3.59. The van der Waals surface area contributed by atoms with E-state index in [1.807, 2.05) is 0 Å². The molecule has 9 heavy (non-hydrogen) atoms. The Kier molecular flexibility index (Phi) is 7.16. The third kappa shape index (κ3) is 3.99. The van der Waals surface area contributed by atoms with Gasteiger partial charge in [0.25, 0.3) is 0 Å². The van der Waals surface area contributed by atoms with Crippen LogP contribution in [0.4, 0.5) is 0 Å². The number of alkyl halides is 3. The summed E-state index contributed by atoms with van der Waals surface area (Å²) in [7, 11) is 0. The predicted molar refractivity (Wildman–Crippen MR) is 54.1 cm³/mol. The van der Waals surface area contributed by atoms with Crippen LogP contribution in [0.2, 0.25) is 0 Å². The largest absolute Gasteiger partial charge is 0.0925 e. The topological polar surface area (TPSA) is 0 Å². The van der Waals surface area contributed by atoms with Crippen LogP contribution in [0.1, 0.15) is 13.3 Å². The zero-order valence-electron chi connectivity index (χ0n) is 5.41. The smallest absolute Gasteiger partial charge is 0.0278 e. The molecule has 56 valence electrons. The van der Waals surface area contributed by atoms with E-state index in [1.54, 1.807) is 0 Å². The predicted octanol–water partition coefficient (Wildman–Crippen LogP) is 3.57. The summed E-state index contributed by atoms with van der Waals surface area (Å²) in [6.45, 7) is 2.21. The van der Waals surface area contributed by atoms with Crippen molar-refractivity contribution in [3.8, 4) is 0 Å². The van der Waals surface area contributed by atoms with Gasteiger partial charge in [-0.05, 0) is 5.92 Å². The van der Waals surface area contributed by atoms with E-state index in [1.165, 1.54) is 6.42 Å². The van der Waals surface area contributed by atoms with Crippen LogP contribution in [0.15, 0.2) is 0 Å². The second kappa shape index (κ2) is 6.17. The fourth-order valence-electron chi connectivity index (χ4n) is 0.588. The van der Waals surface area contributed by atoms with Gasteiger partial charge in [-0.15, -0.1) is 0 Å². The Balaban J connectivity index is 3.50. The Morgan fingerprint density at radius 3 is 1.89 bits per heavy atom. The van der Waals surface area contributed by atoms with Gasteiger partial charge >= 0.3 is 0 Å². The molecule has 0 saturated heterocycles. The minimum Gasteiger partial charge on any atom is -0.0925 e. The number of rotatable bonds is 4. The zero-order valence-corrected chi connectivity index (χ0v) is 10.2. The van der Waals surface area contributed by atoms with E-state index in [-0.39, 0.29) is 0 Å². The third-order valence-electron chi connectivity index (χ3n) is 1.38. The van der Waals surface area contributed by atoms with Gasteiger partial charge in [0.15, 0.2) is 0 Å². The van der Waals surface area contributed by atoms with Crippen molar-refractivity contribution < 1.29 is 0 Å². The van der Waals surface area contributed by atoms with Crippen LogP contribution < -0.4 is 0 Å². The first-order chi connectivity index (χ1) is 4.26. The molecule has 3 heteroatoms. The monoisotopic (exact) mass is 320 g/mol. The van der Waals surface area contributed by atoms with E-state index < -0.39 is 0 Å². The summed E-state index contributed by atoms with van der Waals surface area (Å²) < 4.78 is 0. The fourth-order valence-corrected chi connectivity index (χ4v) is 3.09. The molecule has 2 atom stereocenters. The molecule has 0 radical (unpaired) electrons. The van der Waals surface area contributed by atoms with Crippen LogP contribution in [0.5, 0.6) is 0 Å². The molecule has 0 nitrogen and oxygen atoms in total. The van der Waals surface area contributed by atoms with Gasteiger partial charge in [-0.2, -0.15) is 0 Å². The molecular weight excluding hydrogens is 312 g/mol. The molecule has 0 aliphatic carbocycles. The van der Waals surface area contributed by atoms with Gasteiger partial charge < -0.3 is 0 Å². The normalized spacial score (nSPS) is 17.3. The Morgan fingerprint density at radius 2 is 1.78 bits per heavy atom. The third-order valence-corrected chi connectivity index (χ3v) is 4.85. The van der Waals surface area contributed by atoms with Crippen molar-refractivity contribution in [3.63, 3.8) is 0 Å². The molecular formula is C6H11Br3. The molecule has 0 amide bonds. The highest BCUT2D eigenvalue weighted by atomic mass is 79.9. The summed E-state index contributed by atoms with van der Waals surface area (Å²) in [6, 6.07) is 0. The summed E-state index contributed by atoms with van der Waals surface area (Å²) in [5.41, 5.74) is 0. The Hall–Kier alpha value is 1.44. The van der Waals surface area contributed by atoms with Gasteiger partial charge in [0.1, 0.15) is 0 Å². The first-order valence-electron chi connectivity index (χ1n) is 3.02. The molecule has 0 spiro atoms. The molecule has 0 aromatic heterocycles. The lowest BCUT2D eigenvalue weighted by atomic mass is 10.1. The minimum absolute atomic E-state index is 0.613. The molecule has 0 aliphatic heterocycles. The molecule has 0 heterocycles. The summed E-state index contributed by atoms with van der Waals surface area (Å²) in [5.74, 6) is 0.754. The van der Waals surface area contributed by atoms with E-state index >= 15 is 0 Å². The molecule has 0 fully saturated rings. The molecule has 0 rings (SSSR count). The number of hydrogen-bond acceptors (Lipinski definition) is 0. The van der Waals surface area contributed by atoms with Crippen molar-refractivity contribution in [2.24, 2.45) is 5.92 Å². The van der Waals surface area contributed by atoms with Gasteiger partial charge in [-0.1, -0.05) is 61.1 Å². The van der Waals surface area contributed by atoms with E-state index in [9.17, 15) is 0 Å². The van der Waals surface area contributed by atoms with Gasteiger partial charge in [0.05, 0.1) is 0 Å². The van der Waals surface area contributed by atoms with Gasteiger partial charge in [0, 0.05) is 15.5 Å². The maximum Gasteiger partial charge on any atom is 0.0278 e. The van der Waals surface area contributed by atoms with E-state index in [0.29, 0.717) is 4.83 Å². The second-order valence-electron chi connectivity index (χ2n) is 1.99. The molecule has 2 unspecified atom stereocenters. The van der Waals surface area contributed by atoms with Gasteiger partial charge in [-0.25, -0.2) is 0 Å². The van der Waals surface area contributed by atoms with Gasteiger partial charge in [0.2, 0.25) is 0 Å². The first kappa shape index (κ1) is 10.4. The second-order valence-corrected chi connectivity index (χ2v) is 4.46. The maximum absolute atomic E-state index is 3.59. The van der Waals surface area contributed by atoms with Crippen molar-refractivity contribution in [1.82, 2.24) is 0 Å². The zero-order chi connectivity index (χ0) is 7.28. The Bertz CT molecular complexity index is 61.3. The van der Waals surface area contributed by atoms with Crippen LogP contribution in [-0.4, -0.2) is 15.5 Å². The minimum atomic E-state index is 0.613. The quantitative estimate of drug-likeness (QED) is 0.694. The van der Waals surface area contributed by atoms with Crippen molar-refractivity contribution in [3.05, 3.63) is 0 Å². The van der Waals surface area contributed by atoms with Crippen molar-refractivity contribution in [2.45, 2.75) is 18.2 Å². The van der Waals surface area contributed by atoms with E-state index in [0.717, 1.165) is 16.6 Å². The SMILES string of the molecule is CCC(CBr)C(Br)CBr. The lowest BCUT2D eigenvalue weighted by Crippen LogP contribution is -2.15. The highest BCUT2D eigenvalue weighted by molar-refractivity contribution is 9.12. The summed E-state index contributed by atoms with van der Waals surface area (Å²) in [6.07, 6.45) is 1.23. The molecule has 0 aromatic carbocycles. The van der Waals surface area contributed by atoms with E-state index in [4.69, 9.17) is 0 Å². The molecule has 0 aromatic rings. The highest BCUT2D eigenvalue weighted by Gasteiger charge is 2.13. The van der Waals surface area contributed by atoms with Gasteiger partial charge in [-0.3, -0.25) is 0 Å². The first-order valence-corrected chi connectivity index (χ1v) is 6.18. The average molecular weight is 323 g/mol. The lowest BCUT2D eigenvalue weighted by molar-refractivity contribution is 0.583. The van der Waals surface area contributed by atoms with Crippen molar-refractivity contribution in [2.75, 3.05) is 10.7 Å². The fraction of sp³-hybridized carbons (Fsp3) is 1.00. The van der Waals surface area contributed by atoms with Crippen LogP contribution >= 0.6 is 47.8 Å². The van der Waals surface area contributed by atoms with Crippen LogP contribution in [-0.2, 0) is 0 Å². The Morgan fingerprint density at radius 1 is 1.22 bits per heavy atom. The van der Waals surface area contributed by atoms with Crippen molar-refractivity contribution >= 4 is 47.8 Å². The summed E-state index contributed by atoms with van der Waals surface area (Å²) in [5, 5.41) is 2.13. The molecule has 0 N–H and O–H groups in total. The standard InChI is InChI=1S/C6H11Br3/c1-2-5(3-7)6(9)4-8/h5-6H,2-4H2,1H3. The average Bonchev–Trinajstić information content (AvgIpc) is 1.90. The van der Waals surface area contributed by atoms with E-state index in [2.05, 4.69) is 54.7 Å². The number of halogens is 3. The molecule has 0 aliphatic rings. The number of hydrogen-bond donors (Lipinski definition) is 0. The lowest BCUT2D eigenvalue weighted by Gasteiger charge is -2.15. The van der Waals surface area contributed by atoms with Crippen LogP contribution in [0, 0.1) is 5.92 Å². The molecule has 0 bridgehead atoms.